The molecule has 0 amide bonds. The summed E-state index contributed by atoms with van der Waals surface area (Å²) >= 11 is 2.88. The van der Waals surface area contributed by atoms with Crippen molar-refractivity contribution in [3.05, 3.63) is 35.4 Å². The van der Waals surface area contributed by atoms with E-state index < -0.39 is 5.30 Å². The number of thiol groups is 1. The zero-order valence-electron chi connectivity index (χ0n) is 7.77. The quantitative estimate of drug-likeness (QED) is 0.699. The number of nitrogens with zero attached hydrogens (tertiary/aromatic N) is 1. The van der Waals surface area contributed by atoms with Crippen LogP contribution >= 0.6 is 12.6 Å². The van der Waals surface area contributed by atoms with Crippen molar-refractivity contribution < 1.29 is 9.90 Å². The van der Waals surface area contributed by atoms with Crippen molar-refractivity contribution >= 4 is 17.9 Å². The Balaban J connectivity index is 0.000000364. The molecule has 0 unspecified atom stereocenters. The molecule has 14 heavy (non-hydrogen) atoms. The van der Waals surface area contributed by atoms with Crippen molar-refractivity contribution in [2.45, 2.75) is 13.3 Å². The lowest BCUT2D eigenvalue weighted by Crippen LogP contribution is -1.84. The molecule has 1 rings (SSSR count). The first-order valence-corrected chi connectivity index (χ1v) is 4.46. The minimum Gasteiger partial charge on any atom is -0.473 e. The van der Waals surface area contributed by atoms with E-state index in [0.29, 0.717) is 0 Å². The van der Waals surface area contributed by atoms with Crippen LogP contribution in [-0.2, 0) is 6.42 Å². The van der Waals surface area contributed by atoms with Gasteiger partial charge in [0.2, 0.25) is 0 Å². The summed E-state index contributed by atoms with van der Waals surface area (Å²) < 4.78 is 0. The number of carbonyl (C=O) groups is 1. The van der Waals surface area contributed by atoms with Gasteiger partial charge in [-0.3, -0.25) is 0 Å². The molecule has 0 fully saturated rings. The van der Waals surface area contributed by atoms with E-state index in [1.165, 1.54) is 0 Å². The van der Waals surface area contributed by atoms with Gasteiger partial charge in [-0.25, -0.2) is 4.79 Å². The number of hydrogen-bond donors (Lipinski definition) is 2. The van der Waals surface area contributed by atoms with Gasteiger partial charge in [0.1, 0.15) is 0 Å². The van der Waals surface area contributed by atoms with Crippen LogP contribution in [0, 0.1) is 11.3 Å². The Morgan fingerprint density at radius 2 is 2.07 bits per heavy atom. The smallest absolute Gasteiger partial charge is 0.361 e. The molecular weight excluding hydrogens is 198 g/mol. The largest absolute Gasteiger partial charge is 0.473 e. The Labute approximate surface area is 88.4 Å². The maximum Gasteiger partial charge on any atom is 0.361 e. The highest BCUT2D eigenvalue weighted by atomic mass is 32.1. The molecule has 0 radical (unpaired) electrons. The third kappa shape index (κ3) is 5.22. The number of hydrogen-bond acceptors (Lipinski definition) is 2. The summed E-state index contributed by atoms with van der Waals surface area (Å²) in [5.41, 5.74) is 1.93. The van der Waals surface area contributed by atoms with Crippen LogP contribution in [0.25, 0.3) is 0 Å². The summed E-state index contributed by atoms with van der Waals surface area (Å²) in [4.78, 5) is 8.86. The second-order valence-corrected chi connectivity index (χ2v) is 2.79. The van der Waals surface area contributed by atoms with Gasteiger partial charge in [-0.05, 0) is 18.1 Å². The van der Waals surface area contributed by atoms with E-state index in [4.69, 9.17) is 15.2 Å². The molecule has 0 aliphatic rings. The van der Waals surface area contributed by atoms with Crippen LogP contribution in [0.4, 0.5) is 4.79 Å². The fourth-order valence-electron chi connectivity index (χ4n) is 0.938. The lowest BCUT2D eigenvalue weighted by molar-refractivity contribution is 0.222. The summed E-state index contributed by atoms with van der Waals surface area (Å²) in [5, 5.41) is 14.7. The van der Waals surface area contributed by atoms with Crippen molar-refractivity contribution in [2.75, 3.05) is 0 Å². The van der Waals surface area contributed by atoms with Gasteiger partial charge in [-0.1, -0.05) is 37.8 Å². The standard InChI is InChI=1S/C9H9N.CH2O2S/c1-2-8-5-3-4-6-9(8)7-10;2-1(3)4/h3-6H,2H2,1H3;4H,(H,2,3). The Morgan fingerprint density at radius 3 is 2.43 bits per heavy atom. The van der Waals surface area contributed by atoms with Crippen molar-refractivity contribution in [3.63, 3.8) is 0 Å². The van der Waals surface area contributed by atoms with E-state index >= 15 is 0 Å². The van der Waals surface area contributed by atoms with E-state index in [9.17, 15) is 0 Å². The third-order valence-electron chi connectivity index (χ3n) is 1.52. The van der Waals surface area contributed by atoms with Gasteiger partial charge in [0.25, 0.3) is 0 Å². The summed E-state index contributed by atoms with van der Waals surface area (Å²) in [6, 6.07) is 9.82. The van der Waals surface area contributed by atoms with Crippen LogP contribution in [0.2, 0.25) is 0 Å². The predicted octanol–water partition coefficient (Wildman–Crippen LogP) is 2.71. The zero-order chi connectivity index (χ0) is 11.0. The van der Waals surface area contributed by atoms with Crippen LogP contribution in [0.1, 0.15) is 18.1 Å². The molecule has 4 heteroatoms. The zero-order valence-corrected chi connectivity index (χ0v) is 8.66. The van der Waals surface area contributed by atoms with Gasteiger partial charge >= 0.3 is 5.30 Å². The maximum atomic E-state index is 8.86. The molecule has 0 saturated carbocycles. The van der Waals surface area contributed by atoms with Gasteiger partial charge in [0, 0.05) is 0 Å². The van der Waals surface area contributed by atoms with Crippen molar-refractivity contribution in [1.82, 2.24) is 0 Å². The first-order valence-electron chi connectivity index (χ1n) is 4.01. The van der Waals surface area contributed by atoms with Gasteiger partial charge in [0.05, 0.1) is 11.6 Å². The van der Waals surface area contributed by atoms with Crippen LogP contribution in [0.5, 0.6) is 0 Å². The summed E-state index contributed by atoms with van der Waals surface area (Å²) in [7, 11) is 0. The van der Waals surface area contributed by atoms with Crippen LogP contribution in [0.15, 0.2) is 24.3 Å². The Bertz CT molecular complexity index is 340. The minimum absolute atomic E-state index is 0.796. The molecule has 1 aromatic carbocycles. The highest BCUT2D eigenvalue weighted by Gasteiger charge is 1.94. The molecule has 1 aromatic rings. The molecule has 1 N–H and O–H groups in total. The van der Waals surface area contributed by atoms with E-state index in [-0.39, 0.29) is 0 Å². The molecule has 0 atom stereocenters. The van der Waals surface area contributed by atoms with Crippen LogP contribution in [-0.4, -0.2) is 10.4 Å². The average molecular weight is 209 g/mol. The number of benzene rings is 1. The Kier molecular flexibility index (Phi) is 6.25. The molecular formula is C10H11NO2S. The first-order chi connectivity index (χ1) is 6.61. The molecule has 0 spiro atoms. The number of aryl methyl sites for hydroxylation is 1. The van der Waals surface area contributed by atoms with Gasteiger partial charge in [0.15, 0.2) is 0 Å². The predicted molar refractivity (Wildman–Crippen MR) is 57.5 cm³/mol. The highest BCUT2D eigenvalue weighted by molar-refractivity contribution is 7.96. The molecule has 0 aliphatic heterocycles. The van der Waals surface area contributed by atoms with Gasteiger partial charge in [-0.2, -0.15) is 5.26 Å². The Morgan fingerprint density at radius 1 is 1.57 bits per heavy atom. The minimum atomic E-state index is -1.14. The molecule has 3 nitrogen and oxygen atoms in total. The summed E-state index contributed by atoms with van der Waals surface area (Å²) in [5.74, 6) is 0. The van der Waals surface area contributed by atoms with Gasteiger partial charge < -0.3 is 5.11 Å². The fourth-order valence-corrected chi connectivity index (χ4v) is 0.938. The van der Waals surface area contributed by atoms with Crippen LogP contribution < -0.4 is 0 Å². The molecule has 0 saturated heterocycles. The van der Waals surface area contributed by atoms with E-state index in [1.54, 1.807) is 0 Å². The van der Waals surface area contributed by atoms with Gasteiger partial charge in [-0.15, -0.1) is 0 Å². The SMILES string of the molecule is CCc1ccccc1C#N.O=C(O)S. The van der Waals surface area contributed by atoms with E-state index in [1.807, 2.05) is 24.3 Å². The maximum absolute atomic E-state index is 8.86. The second kappa shape index (κ2) is 6.98. The fraction of sp³-hybridized carbons (Fsp3) is 0.200. The number of carboxylic acid groups (broad SMARTS) is 1. The third-order valence-corrected chi connectivity index (χ3v) is 1.52. The van der Waals surface area contributed by atoms with Crippen molar-refractivity contribution in [1.29, 1.82) is 5.26 Å². The topological polar surface area (TPSA) is 61.1 Å². The first kappa shape index (κ1) is 12.5. The van der Waals surface area contributed by atoms with Crippen molar-refractivity contribution in [3.8, 4) is 6.07 Å². The molecule has 0 aliphatic carbocycles. The number of rotatable bonds is 1. The number of nitriles is 1. The molecule has 0 heterocycles. The molecule has 0 aromatic heterocycles. The molecule has 0 bridgehead atoms. The summed E-state index contributed by atoms with van der Waals surface area (Å²) in [6.07, 6.45) is 0.934. The molecule has 74 valence electrons. The van der Waals surface area contributed by atoms with E-state index in [0.717, 1.165) is 17.5 Å². The second-order valence-electron chi connectivity index (χ2n) is 2.41. The normalized spacial score (nSPS) is 8.07. The average Bonchev–Trinajstić information content (AvgIpc) is 2.17. The van der Waals surface area contributed by atoms with E-state index in [2.05, 4.69) is 25.6 Å². The van der Waals surface area contributed by atoms with Crippen molar-refractivity contribution in [2.24, 2.45) is 0 Å². The lowest BCUT2D eigenvalue weighted by atomic mass is 10.1. The monoisotopic (exact) mass is 209 g/mol. The Hall–Kier alpha value is -1.47. The lowest BCUT2D eigenvalue weighted by Gasteiger charge is -1.96. The summed E-state index contributed by atoms with van der Waals surface area (Å²) in [6.45, 7) is 2.05. The van der Waals surface area contributed by atoms with Crippen LogP contribution in [0.3, 0.4) is 0 Å². The highest BCUT2D eigenvalue weighted by Crippen LogP contribution is 2.06.